The van der Waals surface area contributed by atoms with Gasteiger partial charge < -0.3 is 15.4 Å². The molecule has 5 nitrogen and oxygen atoms in total. The van der Waals surface area contributed by atoms with Gasteiger partial charge in [-0.05, 0) is 49.2 Å². The molecule has 4 atom stereocenters. The number of carbonyl (C=O) groups is 2. The van der Waals surface area contributed by atoms with Gasteiger partial charge in [0.1, 0.15) is 5.41 Å². The fourth-order valence-electron chi connectivity index (χ4n) is 4.81. The van der Waals surface area contributed by atoms with E-state index in [9.17, 15) is 9.59 Å². The van der Waals surface area contributed by atoms with E-state index in [0.29, 0.717) is 27.0 Å². The van der Waals surface area contributed by atoms with Gasteiger partial charge in [-0.1, -0.05) is 73.2 Å². The van der Waals surface area contributed by atoms with Crippen molar-refractivity contribution in [2.45, 2.75) is 63.0 Å². The van der Waals surface area contributed by atoms with Crippen molar-refractivity contribution in [3.8, 4) is 0 Å². The second-order valence-corrected chi connectivity index (χ2v) is 16.8. The maximum absolute atomic E-state index is 13.4. The number of piperidine rings is 1. The Balaban J connectivity index is 0.000000371. The minimum Gasteiger partial charge on any atom is -0.385 e. The summed E-state index contributed by atoms with van der Waals surface area (Å²) < 4.78 is 5.18. The van der Waals surface area contributed by atoms with Crippen LogP contribution in [-0.4, -0.2) is 38.8 Å². The minimum atomic E-state index is -1.01. The molecule has 0 aromatic heterocycles. The summed E-state index contributed by atoms with van der Waals surface area (Å²) in [5, 5.41) is 7.05. The Hall–Kier alpha value is -2.12. The zero-order valence-corrected chi connectivity index (χ0v) is 23.7. The topological polar surface area (TPSA) is 67.4 Å². The first-order chi connectivity index (χ1) is 16.3. The van der Waals surface area contributed by atoms with E-state index >= 15 is 0 Å². The highest BCUT2D eigenvalue weighted by Crippen LogP contribution is 2.54. The van der Waals surface area contributed by atoms with Crippen molar-refractivity contribution in [1.29, 1.82) is 0 Å². The van der Waals surface area contributed by atoms with Gasteiger partial charge in [0.05, 0.1) is 14.1 Å². The molecule has 2 aromatic rings. The van der Waals surface area contributed by atoms with E-state index < -0.39 is 19.5 Å². The van der Waals surface area contributed by atoms with Crippen LogP contribution in [0.5, 0.6) is 0 Å². The third kappa shape index (κ3) is 5.36. The van der Waals surface area contributed by atoms with Crippen molar-refractivity contribution in [3.63, 3.8) is 0 Å². The molecule has 8 heteroatoms. The van der Waals surface area contributed by atoms with E-state index in [1.54, 1.807) is 25.3 Å². The Morgan fingerprint density at radius 2 is 1.80 bits per heavy atom. The van der Waals surface area contributed by atoms with Gasteiger partial charge >= 0.3 is 0 Å². The standard InChI is InChI=1S/C21H18Cl2N2O2.C6H16OSi/c1-11(2)19-21(15-7-6-14(23)9-17(15)24-20(21)27)16(10-18(26)25-19)12-4-3-5-13(22)8-12;1-6(7-2)8(3,4)5/h3-9,16,19H,1,10H2,2H3,(H,24,27)(H,25,26);6H,1-5H3/t16-,19+,21-;/m0./s1. The van der Waals surface area contributed by atoms with Crippen LogP contribution in [0.2, 0.25) is 29.7 Å². The smallest absolute Gasteiger partial charge is 0.238 e. The van der Waals surface area contributed by atoms with Crippen LogP contribution in [0.1, 0.15) is 37.3 Å². The first-order valence-corrected chi connectivity index (χ1v) is 16.0. The van der Waals surface area contributed by atoms with E-state index in [0.717, 1.165) is 11.1 Å². The molecule has 188 valence electrons. The fourth-order valence-corrected chi connectivity index (χ4v) is 5.89. The summed E-state index contributed by atoms with van der Waals surface area (Å²) in [6.07, 6.45) is 0.180. The molecule has 2 N–H and O–H groups in total. The average molecular weight is 534 g/mol. The number of halogens is 2. The van der Waals surface area contributed by atoms with Crippen LogP contribution < -0.4 is 10.6 Å². The summed E-state index contributed by atoms with van der Waals surface area (Å²) in [5.74, 6) is -0.666. The normalized spacial score (nSPS) is 24.1. The quantitative estimate of drug-likeness (QED) is 0.357. The predicted octanol–water partition coefficient (Wildman–Crippen LogP) is 6.33. The van der Waals surface area contributed by atoms with Crippen LogP contribution >= 0.6 is 23.2 Å². The Labute approximate surface area is 219 Å². The average Bonchev–Trinajstić information content (AvgIpc) is 3.05. The molecule has 35 heavy (non-hydrogen) atoms. The van der Waals surface area contributed by atoms with Crippen LogP contribution in [0, 0.1) is 0 Å². The molecule has 1 unspecified atom stereocenters. The summed E-state index contributed by atoms with van der Waals surface area (Å²) in [5.41, 5.74) is 2.53. The molecular weight excluding hydrogens is 499 g/mol. The van der Waals surface area contributed by atoms with Crippen molar-refractivity contribution < 1.29 is 14.3 Å². The third-order valence-electron chi connectivity index (χ3n) is 7.07. The highest BCUT2D eigenvalue weighted by molar-refractivity contribution is 6.77. The fraction of sp³-hybridized carbons (Fsp3) is 0.407. The van der Waals surface area contributed by atoms with Gasteiger partial charge in [0.25, 0.3) is 0 Å². The Kier molecular flexibility index (Phi) is 8.22. The van der Waals surface area contributed by atoms with E-state index in [2.05, 4.69) is 43.8 Å². The number of benzene rings is 2. The molecule has 1 saturated heterocycles. The highest BCUT2D eigenvalue weighted by atomic mass is 35.5. The molecule has 2 heterocycles. The highest BCUT2D eigenvalue weighted by Gasteiger charge is 2.60. The van der Waals surface area contributed by atoms with Crippen LogP contribution in [0.25, 0.3) is 0 Å². The number of hydrogen-bond donors (Lipinski definition) is 2. The number of amides is 2. The number of fused-ring (bicyclic) bond motifs is 2. The zero-order valence-electron chi connectivity index (χ0n) is 21.2. The molecule has 2 aromatic carbocycles. The van der Waals surface area contributed by atoms with Gasteiger partial charge in [0.2, 0.25) is 11.8 Å². The minimum absolute atomic E-state index is 0.117. The van der Waals surface area contributed by atoms with Gasteiger partial charge in [0.15, 0.2) is 0 Å². The number of carbonyl (C=O) groups excluding carboxylic acids is 2. The van der Waals surface area contributed by atoms with E-state index in [1.165, 1.54) is 0 Å². The van der Waals surface area contributed by atoms with Crippen molar-refractivity contribution in [2.24, 2.45) is 0 Å². The molecule has 2 aliphatic rings. The Morgan fingerprint density at radius 3 is 2.34 bits per heavy atom. The summed E-state index contributed by atoms with van der Waals surface area (Å²) >= 11 is 12.4. The first kappa shape index (κ1) is 27.5. The van der Waals surface area contributed by atoms with Gasteiger partial charge in [-0.25, -0.2) is 0 Å². The second kappa shape index (κ2) is 10.5. The molecule has 2 amide bonds. The number of nitrogens with one attached hydrogen (secondary N) is 2. The number of anilines is 1. The summed E-state index contributed by atoms with van der Waals surface area (Å²) in [4.78, 5) is 26.0. The monoisotopic (exact) mass is 532 g/mol. The largest absolute Gasteiger partial charge is 0.385 e. The molecule has 1 spiro atoms. The molecule has 1 fully saturated rings. The van der Waals surface area contributed by atoms with Crippen molar-refractivity contribution in [3.05, 3.63) is 75.8 Å². The van der Waals surface area contributed by atoms with E-state index in [4.69, 9.17) is 27.9 Å². The maximum atomic E-state index is 13.4. The van der Waals surface area contributed by atoms with Crippen molar-refractivity contribution >= 4 is 48.8 Å². The summed E-state index contributed by atoms with van der Waals surface area (Å²) in [6, 6.07) is 12.2. The third-order valence-corrected chi connectivity index (χ3v) is 10.2. The molecule has 0 saturated carbocycles. The number of hydrogen-bond acceptors (Lipinski definition) is 3. The Bertz CT molecular complexity index is 1150. The van der Waals surface area contributed by atoms with Crippen LogP contribution in [0.3, 0.4) is 0 Å². The van der Waals surface area contributed by atoms with Crippen LogP contribution in [0.15, 0.2) is 54.6 Å². The van der Waals surface area contributed by atoms with Crippen LogP contribution in [0.4, 0.5) is 5.69 Å². The van der Waals surface area contributed by atoms with E-state index in [1.807, 2.05) is 31.2 Å². The molecule has 0 aliphatic carbocycles. The van der Waals surface area contributed by atoms with Gasteiger partial charge in [0, 0.05) is 40.9 Å². The number of rotatable bonds is 4. The van der Waals surface area contributed by atoms with E-state index in [-0.39, 0.29) is 24.2 Å². The lowest BCUT2D eigenvalue weighted by Crippen LogP contribution is -2.62. The van der Waals surface area contributed by atoms with Crippen LogP contribution in [-0.2, 0) is 19.7 Å². The van der Waals surface area contributed by atoms with Gasteiger partial charge in [-0.3, -0.25) is 9.59 Å². The maximum Gasteiger partial charge on any atom is 0.238 e. The van der Waals surface area contributed by atoms with Crippen molar-refractivity contribution in [1.82, 2.24) is 5.32 Å². The molecule has 0 bridgehead atoms. The van der Waals surface area contributed by atoms with Gasteiger partial charge in [-0.15, -0.1) is 0 Å². The molecule has 0 radical (unpaired) electrons. The van der Waals surface area contributed by atoms with Gasteiger partial charge in [-0.2, -0.15) is 0 Å². The lowest BCUT2D eigenvalue weighted by molar-refractivity contribution is -0.130. The summed E-state index contributed by atoms with van der Waals surface area (Å²) in [6.45, 7) is 14.9. The number of methoxy groups -OCH3 is 1. The number of ether oxygens (including phenoxy) is 1. The zero-order chi connectivity index (χ0) is 26.1. The lowest BCUT2D eigenvalue weighted by atomic mass is 9.59. The molecular formula is C27H34Cl2N2O3Si. The predicted molar refractivity (Wildman–Crippen MR) is 147 cm³/mol. The Morgan fingerprint density at radius 1 is 1.14 bits per heavy atom. The first-order valence-electron chi connectivity index (χ1n) is 11.7. The molecule has 2 aliphatic heterocycles. The molecule has 4 rings (SSSR count). The SMILES string of the molecule is C=C(C)[C@H]1NC(=O)C[C@@H](c2cccc(Cl)c2)[C@]12C(=O)Nc1cc(Cl)ccc12.COC(C)[Si](C)(C)C. The second-order valence-electron chi connectivity index (χ2n) is 10.4. The van der Waals surface area contributed by atoms with Crippen molar-refractivity contribution in [2.75, 3.05) is 12.4 Å². The summed E-state index contributed by atoms with van der Waals surface area (Å²) in [7, 11) is 0.798. The lowest BCUT2D eigenvalue weighted by Gasteiger charge is -2.46.